The fourth-order valence-electron chi connectivity index (χ4n) is 4.97. The average molecular weight is 480 g/mol. The Morgan fingerprint density at radius 1 is 0.912 bits per heavy atom. The molecule has 0 saturated carbocycles. The Kier molecular flexibility index (Phi) is 4.73. The molecule has 0 amide bonds. The lowest BCUT2D eigenvalue weighted by Gasteiger charge is -2.22. The molecule has 6 heteroatoms. The summed E-state index contributed by atoms with van der Waals surface area (Å²) in [5.74, 6) is 0. The van der Waals surface area contributed by atoms with Crippen molar-refractivity contribution in [3.8, 4) is 22.4 Å². The molecular weight excluding hydrogens is 452 g/mol. The summed E-state index contributed by atoms with van der Waals surface area (Å²) >= 11 is 1.78. The van der Waals surface area contributed by atoms with Gasteiger partial charge in [-0.15, -0.1) is 11.3 Å². The Morgan fingerprint density at radius 2 is 1.62 bits per heavy atom. The molecule has 0 fully saturated rings. The van der Waals surface area contributed by atoms with Crippen LogP contribution in [0.2, 0.25) is 19.6 Å². The second-order valence-electron chi connectivity index (χ2n) is 9.99. The number of thiazole rings is 1. The van der Waals surface area contributed by atoms with Crippen LogP contribution in [-0.2, 0) is 7.05 Å². The first-order chi connectivity index (χ1) is 16.3. The molecule has 0 spiro atoms. The second kappa shape index (κ2) is 7.58. The molecule has 0 aliphatic rings. The Morgan fingerprint density at radius 3 is 2.35 bits per heavy atom. The van der Waals surface area contributed by atoms with Gasteiger partial charge in [-0.3, -0.25) is 0 Å². The van der Waals surface area contributed by atoms with Gasteiger partial charge in [-0.2, -0.15) is 9.61 Å². The van der Waals surface area contributed by atoms with E-state index in [-0.39, 0.29) is 0 Å². The lowest BCUT2D eigenvalue weighted by Crippen LogP contribution is -2.39. The van der Waals surface area contributed by atoms with Gasteiger partial charge in [0.25, 0.3) is 12.0 Å². The second-order valence-corrected chi connectivity index (χ2v) is 16.0. The quantitative estimate of drug-likeness (QED) is 0.227. The van der Waals surface area contributed by atoms with Crippen LogP contribution in [0.1, 0.15) is 5.56 Å². The SMILES string of the molecule is Cc1c(-c2c3sc4c(-c5ccccc5)cnn4c3nc[n+]2C)cc([Si](C)(C)C)c2ccccc12. The van der Waals surface area contributed by atoms with Crippen LogP contribution in [0, 0.1) is 6.92 Å². The maximum absolute atomic E-state index is 4.81. The Bertz CT molecular complexity index is 1710. The van der Waals surface area contributed by atoms with Crippen molar-refractivity contribution in [3.63, 3.8) is 0 Å². The third-order valence-electron chi connectivity index (χ3n) is 6.71. The molecule has 6 aromatic rings. The van der Waals surface area contributed by atoms with Gasteiger partial charge >= 0.3 is 0 Å². The highest BCUT2D eigenvalue weighted by atomic mass is 32.1. The molecule has 6 rings (SSSR count). The zero-order valence-electron chi connectivity index (χ0n) is 20.1. The molecule has 168 valence electrons. The van der Waals surface area contributed by atoms with Crippen molar-refractivity contribution < 1.29 is 4.57 Å². The normalized spacial score (nSPS) is 12.3. The van der Waals surface area contributed by atoms with Crippen LogP contribution in [0.15, 0.2) is 73.2 Å². The van der Waals surface area contributed by atoms with Gasteiger partial charge in [0, 0.05) is 11.1 Å². The van der Waals surface area contributed by atoms with E-state index in [9.17, 15) is 0 Å². The van der Waals surface area contributed by atoms with E-state index in [1.165, 1.54) is 43.0 Å². The summed E-state index contributed by atoms with van der Waals surface area (Å²) in [7, 11) is 0.522. The molecule has 0 radical (unpaired) electrons. The fourth-order valence-corrected chi connectivity index (χ4v) is 7.84. The van der Waals surface area contributed by atoms with Crippen molar-refractivity contribution in [2.75, 3.05) is 0 Å². The molecule has 4 nitrogen and oxygen atoms in total. The number of hydrogen-bond donors (Lipinski definition) is 0. The van der Waals surface area contributed by atoms with Crippen LogP contribution < -0.4 is 9.75 Å². The van der Waals surface area contributed by atoms with Crippen LogP contribution in [0.25, 0.3) is 48.3 Å². The molecule has 0 aliphatic heterocycles. The highest BCUT2D eigenvalue weighted by Gasteiger charge is 2.27. The van der Waals surface area contributed by atoms with Crippen molar-refractivity contribution in [1.82, 2.24) is 14.6 Å². The smallest absolute Gasteiger partial charge is 0.231 e. The standard InChI is InChI=1S/C28H27N4SSi/c1-18-20-13-9-10-14-21(20)24(34(3,4)5)15-22(18)25-26-27(29-17-31(25)2)32-28(33-26)23(16-30-32)19-11-7-6-8-12-19/h6-17H,1-5H3/q+1. The van der Waals surface area contributed by atoms with Gasteiger partial charge < -0.3 is 0 Å². The fraction of sp³-hybridized carbons (Fsp3) is 0.179. The number of nitrogens with zero attached hydrogens (tertiary/aromatic N) is 4. The Hall–Kier alpha value is -3.35. The third kappa shape index (κ3) is 3.13. The highest BCUT2D eigenvalue weighted by molar-refractivity contribution is 7.24. The predicted molar refractivity (Wildman–Crippen MR) is 146 cm³/mol. The van der Waals surface area contributed by atoms with Crippen molar-refractivity contribution in [2.24, 2.45) is 7.05 Å². The molecule has 3 aromatic carbocycles. The number of fused-ring (bicyclic) bond motifs is 4. The Balaban J connectivity index is 1.70. The predicted octanol–water partition coefficient (Wildman–Crippen LogP) is 6.11. The molecule has 0 bridgehead atoms. The van der Waals surface area contributed by atoms with E-state index in [4.69, 9.17) is 10.1 Å². The van der Waals surface area contributed by atoms with E-state index in [2.05, 4.69) is 92.8 Å². The van der Waals surface area contributed by atoms with Crippen molar-refractivity contribution in [2.45, 2.75) is 26.6 Å². The van der Waals surface area contributed by atoms with E-state index < -0.39 is 8.07 Å². The molecule has 3 aromatic heterocycles. The molecule has 34 heavy (non-hydrogen) atoms. The number of hydrogen-bond acceptors (Lipinski definition) is 3. The largest absolute Gasteiger partial charge is 0.290 e. The van der Waals surface area contributed by atoms with Gasteiger partial charge in [-0.25, -0.2) is 4.57 Å². The lowest BCUT2D eigenvalue weighted by molar-refractivity contribution is -0.662. The van der Waals surface area contributed by atoms with Gasteiger partial charge in [0.2, 0.25) is 0 Å². The van der Waals surface area contributed by atoms with E-state index in [0.29, 0.717) is 0 Å². The topological polar surface area (TPSA) is 34.1 Å². The van der Waals surface area contributed by atoms with Crippen LogP contribution in [0.4, 0.5) is 0 Å². The van der Waals surface area contributed by atoms with E-state index in [0.717, 1.165) is 16.0 Å². The van der Waals surface area contributed by atoms with Crippen molar-refractivity contribution in [3.05, 3.63) is 78.8 Å². The van der Waals surface area contributed by atoms with Gasteiger partial charge in [0.15, 0.2) is 5.69 Å². The minimum absolute atomic E-state index is 0.914. The van der Waals surface area contributed by atoms with Gasteiger partial charge in [-0.05, 0) is 33.8 Å². The number of aromatic nitrogens is 4. The average Bonchev–Trinajstić information content (AvgIpc) is 3.39. The third-order valence-corrected chi connectivity index (χ3v) is 9.91. The summed E-state index contributed by atoms with van der Waals surface area (Å²) in [6.45, 7) is 9.55. The van der Waals surface area contributed by atoms with Gasteiger partial charge in [-0.1, -0.05) is 85.5 Å². The van der Waals surface area contributed by atoms with E-state index in [1.807, 2.05) is 23.1 Å². The summed E-state index contributed by atoms with van der Waals surface area (Å²) < 4.78 is 5.35. The first kappa shape index (κ1) is 21.2. The minimum Gasteiger partial charge on any atom is -0.231 e. The van der Waals surface area contributed by atoms with Gasteiger partial charge in [0.1, 0.15) is 9.53 Å². The number of aryl methyl sites for hydroxylation is 2. The monoisotopic (exact) mass is 479 g/mol. The van der Waals surface area contributed by atoms with Crippen LogP contribution in [0.5, 0.6) is 0 Å². The molecule has 0 aliphatic carbocycles. The van der Waals surface area contributed by atoms with Gasteiger partial charge in [0.05, 0.1) is 21.3 Å². The van der Waals surface area contributed by atoms with Crippen molar-refractivity contribution >= 4 is 50.5 Å². The van der Waals surface area contributed by atoms with Crippen LogP contribution in [0.3, 0.4) is 0 Å². The summed E-state index contributed by atoms with van der Waals surface area (Å²) in [4.78, 5) is 5.94. The first-order valence-corrected chi connectivity index (χ1v) is 15.9. The van der Waals surface area contributed by atoms with E-state index >= 15 is 0 Å². The maximum atomic E-state index is 4.81. The van der Waals surface area contributed by atoms with E-state index in [1.54, 1.807) is 11.3 Å². The summed E-state index contributed by atoms with van der Waals surface area (Å²) in [6.07, 6.45) is 3.88. The molecule has 0 N–H and O–H groups in total. The van der Waals surface area contributed by atoms with Crippen molar-refractivity contribution in [1.29, 1.82) is 0 Å². The first-order valence-electron chi connectivity index (χ1n) is 11.6. The lowest BCUT2D eigenvalue weighted by atomic mass is 9.97. The molecule has 3 heterocycles. The Labute approximate surface area is 204 Å². The number of rotatable bonds is 3. The summed E-state index contributed by atoms with van der Waals surface area (Å²) in [6, 6.07) is 21.8. The zero-order chi connectivity index (χ0) is 23.6. The maximum Gasteiger partial charge on any atom is 0.290 e. The number of benzene rings is 3. The van der Waals surface area contributed by atoms with Crippen LogP contribution >= 0.6 is 11.3 Å². The molecule has 0 unspecified atom stereocenters. The van der Waals surface area contributed by atoms with Crippen LogP contribution in [-0.4, -0.2) is 22.7 Å². The highest BCUT2D eigenvalue weighted by Crippen LogP contribution is 2.38. The zero-order valence-corrected chi connectivity index (χ0v) is 21.9. The molecule has 0 atom stereocenters. The molecular formula is C28H27N4SSi+. The summed E-state index contributed by atoms with van der Waals surface area (Å²) in [5, 5.41) is 8.97. The molecule has 0 saturated heterocycles. The summed E-state index contributed by atoms with van der Waals surface area (Å²) in [5.41, 5.74) is 7.06. The minimum atomic E-state index is -1.58.